The predicted octanol–water partition coefficient (Wildman–Crippen LogP) is 3.99. The van der Waals surface area contributed by atoms with E-state index < -0.39 is 0 Å². The topological polar surface area (TPSA) is 48.1 Å². The quantitative estimate of drug-likeness (QED) is 0.572. The molecule has 3 heteroatoms. The van der Waals surface area contributed by atoms with Gasteiger partial charge in [0.05, 0.1) is 18.1 Å². The zero-order valence-corrected chi connectivity index (χ0v) is 13.2. The number of hydrogen-bond acceptors (Lipinski definition) is 3. The molecule has 0 saturated carbocycles. The molecule has 3 nitrogen and oxygen atoms in total. The SMILES string of the molecule is COc1ccc2nc3ccc(C)cc3c(CCCCN)c2c1. The molecule has 0 fully saturated rings. The monoisotopic (exact) mass is 294 g/mol. The van der Waals surface area contributed by atoms with E-state index in [1.165, 1.54) is 21.9 Å². The van der Waals surface area contributed by atoms with E-state index in [0.717, 1.165) is 42.6 Å². The Morgan fingerprint density at radius 3 is 2.45 bits per heavy atom. The Labute approximate surface area is 131 Å². The molecule has 2 N–H and O–H groups in total. The number of nitrogens with two attached hydrogens (primary N) is 1. The molecule has 3 aromatic rings. The van der Waals surface area contributed by atoms with Gasteiger partial charge in [-0.2, -0.15) is 0 Å². The minimum absolute atomic E-state index is 0.739. The highest BCUT2D eigenvalue weighted by atomic mass is 16.5. The van der Waals surface area contributed by atoms with E-state index in [-0.39, 0.29) is 0 Å². The maximum absolute atomic E-state index is 5.66. The van der Waals surface area contributed by atoms with Crippen LogP contribution in [0.25, 0.3) is 21.8 Å². The fraction of sp³-hybridized carbons (Fsp3) is 0.316. The van der Waals surface area contributed by atoms with Crippen molar-refractivity contribution in [2.24, 2.45) is 5.73 Å². The summed E-state index contributed by atoms with van der Waals surface area (Å²) in [6.07, 6.45) is 3.15. The number of rotatable bonds is 5. The normalized spacial score (nSPS) is 11.2. The van der Waals surface area contributed by atoms with Gasteiger partial charge in [-0.3, -0.25) is 0 Å². The number of nitrogens with zero attached hydrogens (tertiary/aromatic N) is 1. The molecule has 0 bridgehead atoms. The number of methoxy groups -OCH3 is 1. The van der Waals surface area contributed by atoms with Crippen molar-refractivity contribution < 1.29 is 4.74 Å². The molecule has 3 rings (SSSR count). The van der Waals surface area contributed by atoms with Crippen LogP contribution in [0.2, 0.25) is 0 Å². The fourth-order valence-corrected chi connectivity index (χ4v) is 2.96. The first-order valence-corrected chi connectivity index (χ1v) is 7.80. The molecule has 0 radical (unpaired) electrons. The van der Waals surface area contributed by atoms with E-state index >= 15 is 0 Å². The summed E-state index contributed by atoms with van der Waals surface area (Å²) >= 11 is 0. The third-order valence-corrected chi connectivity index (χ3v) is 4.13. The van der Waals surface area contributed by atoms with Crippen LogP contribution in [-0.2, 0) is 6.42 Å². The van der Waals surface area contributed by atoms with Gasteiger partial charge in [-0.1, -0.05) is 11.6 Å². The first-order chi connectivity index (χ1) is 10.7. The molecule has 114 valence electrons. The highest BCUT2D eigenvalue weighted by molar-refractivity contribution is 5.98. The van der Waals surface area contributed by atoms with Crippen molar-refractivity contribution >= 4 is 21.8 Å². The minimum Gasteiger partial charge on any atom is -0.497 e. The highest BCUT2D eigenvalue weighted by Crippen LogP contribution is 2.30. The van der Waals surface area contributed by atoms with E-state index in [1.807, 2.05) is 12.1 Å². The largest absolute Gasteiger partial charge is 0.497 e. The maximum atomic E-state index is 5.66. The fourth-order valence-electron chi connectivity index (χ4n) is 2.96. The molecule has 0 unspecified atom stereocenters. The lowest BCUT2D eigenvalue weighted by Gasteiger charge is -2.12. The second-order valence-electron chi connectivity index (χ2n) is 5.74. The van der Waals surface area contributed by atoms with E-state index in [1.54, 1.807) is 7.11 Å². The average Bonchev–Trinajstić information content (AvgIpc) is 2.54. The van der Waals surface area contributed by atoms with Gasteiger partial charge in [0.15, 0.2) is 0 Å². The van der Waals surface area contributed by atoms with E-state index in [2.05, 4.69) is 31.2 Å². The second-order valence-corrected chi connectivity index (χ2v) is 5.74. The van der Waals surface area contributed by atoms with Gasteiger partial charge in [0.1, 0.15) is 5.75 Å². The summed E-state index contributed by atoms with van der Waals surface area (Å²) < 4.78 is 5.39. The van der Waals surface area contributed by atoms with Crippen molar-refractivity contribution in [1.29, 1.82) is 0 Å². The number of pyridine rings is 1. The smallest absolute Gasteiger partial charge is 0.119 e. The molecule has 1 aromatic heterocycles. The number of aromatic nitrogens is 1. The maximum Gasteiger partial charge on any atom is 0.119 e. The first-order valence-electron chi connectivity index (χ1n) is 7.80. The Kier molecular flexibility index (Phi) is 4.25. The van der Waals surface area contributed by atoms with Crippen molar-refractivity contribution in [1.82, 2.24) is 4.98 Å². The van der Waals surface area contributed by atoms with E-state index in [9.17, 15) is 0 Å². The Bertz CT molecular complexity index is 811. The zero-order chi connectivity index (χ0) is 15.5. The molecule has 0 aliphatic rings. The Hall–Kier alpha value is -2.13. The Morgan fingerprint density at radius 1 is 1.00 bits per heavy atom. The van der Waals surface area contributed by atoms with Crippen LogP contribution < -0.4 is 10.5 Å². The summed E-state index contributed by atoms with van der Waals surface area (Å²) in [6.45, 7) is 2.86. The third kappa shape index (κ3) is 2.77. The van der Waals surface area contributed by atoms with Crippen LogP contribution >= 0.6 is 0 Å². The summed E-state index contributed by atoms with van der Waals surface area (Å²) in [5, 5.41) is 2.44. The van der Waals surface area contributed by atoms with Crippen LogP contribution in [0.15, 0.2) is 36.4 Å². The van der Waals surface area contributed by atoms with Gasteiger partial charge in [0.25, 0.3) is 0 Å². The third-order valence-electron chi connectivity index (χ3n) is 4.13. The molecular weight excluding hydrogens is 272 g/mol. The number of unbranched alkanes of at least 4 members (excludes halogenated alkanes) is 1. The molecule has 0 aliphatic heterocycles. The number of ether oxygens (including phenoxy) is 1. The van der Waals surface area contributed by atoms with Crippen molar-refractivity contribution in [3.05, 3.63) is 47.5 Å². The zero-order valence-electron chi connectivity index (χ0n) is 13.2. The average molecular weight is 294 g/mol. The van der Waals surface area contributed by atoms with Gasteiger partial charge in [0.2, 0.25) is 0 Å². The number of fused-ring (bicyclic) bond motifs is 2. The summed E-state index contributed by atoms with van der Waals surface area (Å²) in [4.78, 5) is 4.80. The van der Waals surface area contributed by atoms with Crippen molar-refractivity contribution in [3.8, 4) is 5.75 Å². The summed E-state index contributed by atoms with van der Waals surface area (Å²) in [5.41, 5.74) is 10.4. The number of benzene rings is 2. The molecule has 0 atom stereocenters. The molecule has 0 saturated heterocycles. The predicted molar refractivity (Wildman–Crippen MR) is 92.5 cm³/mol. The van der Waals surface area contributed by atoms with Crippen molar-refractivity contribution in [3.63, 3.8) is 0 Å². The van der Waals surface area contributed by atoms with Gasteiger partial charge < -0.3 is 10.5 Å². The minimum atomic E-state index is 0.739. The van der Waals surface area contributed by atoms with Crippen LogP contribution in [0.4, 0.5) is 0 Å². The molecule has 2 aromatic carbocycles. The van der Waals surface area contributed by atoms with Crippen molar-refractivity contribution in [2.45, 2.75) is 26.2 Å². The number of aryl methyl sites for hydroxylation is 2. The van der Waals surface area contributed by atoms with Gasteiger partial charge in [0, 0.05) is 10.8 Å². The summed E-state index contributed by atoms with van der Waals surface area (Å²) in [5.74, 6) is 0.876. The molecule has 0 aliphatic carbocycles. The molecular formula is C19H22N2O. The standard InChI is InChI=1S/C19H22N2O/c1-13-6-8-18-16(11-13)15(5-3-4-10-20)17-12-14(22-2)7-9-19(17)21-18/h6-9,11-12H,3-5,10,20H2,1-2H3. The Balaban J connectivity index is 2.25. The highest BCUT2D eigenvalue weighted by Gasteiger charge is 2.10. The summed E-state index contributed by atoms with van der Waals surface area (Å²) in [6, 6.07) is 12.6. The van der Waals surface area contributed by atoms with Crippen molar-refractivity contribution in [2.75, 3.05) is 13.7 Å². The second kappa shape index (κ2) is 6.32. The Morgan fingerprint density at radius 2 is 1.73 bits per heavy atom. The molecule has 0 amide bonds. The lowest BCUT2D eigenvalue weighted by molar-refractivity contribution is 0.415. The van der Waals surface area contributed by atoms with Crippen LogP contribution in [0.3, 0.4) is 0 Å². The van der Waals surface area contributed by atoms with Crippen LogP contribution in [-0.4, -0.2) is 18.6 Å². The molecule has 1 heterocycles. The van der Waals surface area contributed by atoms with Gasteiger partial charge in [-0.05, 0) is 68.6 Å². The number of hydrogen-bond donors (Lipinski definition) is 1. The van der Waals surface area contributed by atoms with E-state index in [0.29, 0.717) is 0 Å². The van der Waals surface area contributed by atoms with Gasteiger partial charge in [-0.15, -0.1) is 0 Å². The molecule has 0 spiro atoms. The van der Waals surface area contributed by atoms with E-state index in [4.69, 9.17) is 15.5 Å². The molecule has 22 heavy (non-hydrogen) atoms. The van der Waals surface area contributed by atoms with Crippen LogP contribution in [0.1, 0.15) is 24.0 Å². The van der Waals surface area contributed by atoms with Crippen LogP contribution in [0.5, 0.6) is 5.75 Å². The van der Waals surface area contributed by atoms with Crippen LogP contribution in [0, 0.1) is 6.92 Å². The lowest BCUT2D eigenvalue weighted by Crippen LogP contribution is -2.00. The van der Waals surface area contributed by atoms with Gasteiger partial charge in [-0.25, -0.2) is 4.98 Å². The summed E-state index contributed by atoms with van der Waals surface area (Å²) in [7, 11) is 1.70. The first kappa shape index (κ1) is 14.8. The lowest BCUT2D eigenvalue weighted by atomic mass is 9.97. The van der Waals surface area contributed by atoms with Gasteiger partial charge >= 0.3 is 0 Å².